The van der Waals surface area contributed by atoms with Crippen LogP contribution in [-0.2, 0) is 23.9 Å². The summed E-state index contributed by atoms with van der Waals surface area (Å²) in [6, 6.07) is 27.3. The van der Waals surface area contributed by atoms with E-state index < -0.39 is 10.8 Å². The highest BCUT2D eigenvalue weighted by Gasteiger charge is 2.31. The Kier molecular flexibility index (Phi) is 6.88. The molecule has 1 heterocycles. The van der Waals surface area contributed by atoms with Gasteiger partial charge in [0, 0.05) is 12.1 Å². The Morgan fingerprint density at radius 3 is 2.41 bits per heavy atom. The second kappa shape index (κ2) is 10.4. The molecular weight excluding hydrogens is 484 g/mol. The fourth-order valence-corrected chi connectivity index (χ4v) is 5.69. The summed E-state index contributed by atoms with van der Waals surface area (Å²) in [6.07, 6.45) is 0. The molecule has 0 radical (unpaired) electrons. The van der Waals surface area contributed by atoms with Gasteiger partial charge in [-0.05, 0) is 66.1 Å². The number of nitrogens with one attached hydrogen (secondary N) is 1. The number of rotatable bonds is 6. The van der Waals surface area contributed by atoms with Crippen LogP contribution < -0.4 is 15.0 Å². The predicted molar refractivity (Wildman–Crippen MR) is 143 cm³/mol. The number of anilines is 1. The van der Waals surface area contributed by atoms with E-state index in [2.05, 4.69) is 5.32 Å². The topological polar surface area (TPSA) is 75.7 Å². The van der Waals surface area contributed by atoms with Gasteiger partial charge in [-0.15, -0.1) is 0 Å². The Morgan fingerprint density at radius 1 is 0.919 bits per heavy atom. The van der Waals surface area contributed by atoms with E-state index in [1.807, 2.05) is 55.5 Å². The van der Waals surface area contributed by atoms with Crippen molar-refractivity contribution in [3.8, 4) is 5.75 Å². The van der Waals surface area contributed by atoms with Crippen LogP contribution in [0.1, 0.15) is 37.4 Å². The molecule has 0 aliphatic carbocycles. The lowest BCUT2D eigenvalue weighted by atomic mass is 10.1. The van der Waals surface area contributed by atoms with Gasteiger partial charge < -0.3 is 15.0 Å². The van der Waals surface area contributed by atoms with Gasteiger partial charge >= 0.3 is 0 Å². The fourth-order valence-electron chi connectivity index (χ4n) is 4.35. The van der Waals surface area contributed by atoms with Crippen molar-refractivity contribution in [1.82, 2.24) is 5.32 Å². The number of carbonyl (C=O) groups is 2. The Bertz CT molecular complexity index is 1510. The Morgan fingerprint density at radius 2 is 1.65 bits per heavy atom. The van der Waals surface area contributed by atoms with E-state index in [0.29, 0.717) is 39.7 Å². The number of hydrogen-bond acceptors (Lipinski definition) is 4. The fraction of sp³-hybridized carbons (Fsp3) is 0.133. The molecule has 0 aromatic heterocycles. The number of methoxy groups -OCH3 is 1. The SMILES string of the molecule is COc1ccc(CNC(=O)c2ccc3c(c2)N(Cc2ccccc2C)C(=O)c2ccccc2[S@@]3=O)cc1. The summed E-state index contributed by atoms with van der Waals surface area (Å²) in [5.41, 5.74) is 4.20. The van der Waals surface area contributed by atoms with Crippen molar-refractivity contribution in [3.63, 3.8) is 0 Å². The van der Waals surface area contributed by atoms with Crippen LogP contribution in [-0.4, -0.2) is 23.1 Å². The number of ether oxygens (including phenoxy) is 1. The zero-order valence-electron chi connectivity index (χ0n) is 20.6. The summed E-state index contributed by atoms with van der Waals surface area (Å²) >= 11 is 0. The number of nitrogens with zero attached hydrogens (tertiary/aromatic N) is 1. The maximum Gasteiger partial charge on any atom is 0.259 e. The van der Waals surface area contributed by atoms with Gasteiger partial charge in [-0.2, -0.15) is 0 Å². The van der Waals surface area contributed by atoms with Gasteiger partial charge in [0.1, 0.15) is 5.75 Å². The molecule has 7 heteroatoms. The molecule has 0 saturated carbocycles. The molecule has 0 saturated heterocycles. The molecule has 1 aliphatic heterocycles. The van der Waals surface area contributed by atoms with Gasteiger partial charge in [0.15, 0.2) is 0 Å². The molecule has 0 spiro atoms. The van der Waals surface area contributed by atoms with Crippen LogP contribution in [0.5, 0.6) is 5.75 Å². The maximum absolute atomic E-state index is 13.8. The highest BCUT2D eigenvalue weighted by Crippen LogP contribution is 2.36. The van der Waals surface area contributed by atoms with E-state index in [1.165, 1.54) is 0 Å². The summed E-state index contributed by atoms with van der Waals surface area (Å²) in [4.78, 5) is 29.5. The molecule has 5 rings (SSSR count). The Hall–Kier alpha value is -4.23. The Balaban J connectivity index is 1.51. The smallest absolute Gasteiger partial charge is 0.259 e. The molecule has 37 heavy (non-hydrogen) atoms. The van der Waals surface area contributed by atoms with E-state index in [4.69, 9.17) is 4.74 Å². The largest absolute Gasteiger partial charge is 0.497 e. The minimum absolute atomic E-state index is 0.248. The van der Waals surface area contributed by atoms with Crippen LogP contribution in [0.3, 0.4) is 0 Å². The van der Waals surface area contributed by atoms with E-state index in [1.54, 1.807) is 54.5 Å². The highest BCUT2D eigenvalue weighted by atomic mass is 32.2. The molecule has 1 aliphatic rings. The lowest BCUT2D eigenvalue weighted by Gasteiger charge is -2.24. The molecule has 1 N–H and O–H groups in total. The van der Waals surface area contributed by atoms with Gasteiger partial charge in [-0.3, -0.25) is 9.59 Å². The van der Waals surface area contributed by atoms with E-state index in [-0.39, 0.29) is 11.8 Å². The first kappa shape index (κ1) is 24.5. The first-order chi connectivity index (χ1) is 18.0. The van der Waals surface area contributed by atoms with Crippen molar-refractivity contribution in [2.75, 3.05) is 12.0 Å². The average Bonchev–Trinajstić information content (AvgIpc) is 3.02. The van der Waals surface area contributed by atoms with Gasteiger partial charge in [-0.1, -0.05) is 48.5 Å². The van der Waals surface area contributed by atoms with Crippen molar-refractivity contribution in [1.29, 1.82) is 0 Å². The quantitative estimate of drug-likeness (QED) is 0.384. The Labute approximate surface area is 218 Å². The van der Waals surface area contributed by atoms with E-state index in [0.717, 1.165) is 22.4 Å². The molecular formula is C30H26N2O4S. The lowest BCUT2D eigenvalue weighted by Crippen LogP contribution is -2.31. The van der Waals surface area contributed by atoms with Crippen molar-refractivity contribution in [2.45, 2.75) is 29.8 Å². The summed E-state index contributed by atoms with van der Waals surface area (Å²) in [7, 11) is 0.0285. The molecule has 186 valence electrons. The van der Waals surface area contributed by atoms with Crippen LogP contribution in [0.15, 0.2) is 101 Å². The van der Waals surface area contributed by atoms with Crippen LogP contribution in [0.4, 0.5) is 5.69 Å². The third-order valence-electron chi connectivity index (χ3n) is 6.48. The standard InChI is InChI=1S/C30H26N2O4S/c1-20-7-3-4-8-23(20)19-32-26-17-22(29(33)31-18-21-11-14-24(36-2)15-12-21)13-16-28(26)37(35)27-10-6-5-9-25(27)30(32)34/h3-17H,18-19H2,1-2H3,(H,31,33)/t37-/m0/s1. The number of fused-ring (bicyclic) bond motifs is 2. The highest BCUT2D eigenvalue weighted by molar-refractivity contribution is 7.85. The van der Waals surface area contributed by atoms with Crippen molar-refractivity contribution in [3.05, 3.63) is 119 Å². The number of carbonyl (C=O) groups excluding carboxylic acids is 2. The monoisotopic (exact) mass is 510 g/mol. The van der Waals surface area contributed by atoms with Gasteiger partial charge in [0.2, 0.25) is 0 Å². The van der Waals surface area contributed by atoms with Crippen molar-refractivity contribution < 1.29 is 18.5 Å². The van der Waals surface area contributed by atoms with Gasteiger partial charge in [0.25, 0.3) is 11.8 Å². The summed E-state index contributed by atoms with van der Waals surface area (Å²) < 4.78 is 18.8. The van der Waals surface area contributed by atoms with Gasteiger partial charge in [-0.25, -0.2) is 4.21 Å². The lowest BCUT2D eigenvalue weighted by molar-refractivity contribution is 0.0947. The molecule has 0 bridgehead atoms. The minimum atomic E-state index is -1.58. The van der Waals surface area contributed by atoms with Gasteiger partial charge in [0.05, 0.1) is 45.5 Å². The summed E-state index contributed by atoms with van der Waals surface area (Å²) in [6.45, 7) is 2.62. The normalized spacial score (nSPS) is 14.4. The number of hydrogen-bond donors (Lipinski definition) is 1. The molecule has 2 amide bonds. The molecule has 0 unspecified atom stereocenters. The minimum Gasteiger partial charge on any atom is -0.497 e. The second-order valence-electron chi connectivity index (χ2n) is 8.80. The van der Waals surface area contributed by atoms with Crippen LogP contribution >= 0.6 is 0 Å². The average molecular weight is 511 g/mol. The zero-order chi connectivity index (χ0) is 25.9. The van der Waals surface area contributed by atoms with Crippen LogP contribution in [0.2, 0.25) is 0 Å². The van der Waals surface area contributed by atoms with Crippen molar-refractivity contribution >= 4 is 28.3 Å². The van der Waals surface area contributed by atoms with E-state index in [9.17, 15) is 13.8 Å². The first-order valence-electron chi connectivity index (χ1n) is 11.9. The third kappa shape index (κ3) is 4.90. The first-order valence-corrected chi connectivity index (χ1v) is 13.0. The molecule has 6 nitrogen and oxygen atoms in total. The van der Waals surface area contributed by atoms with E-state index >= 15 is 0 Å². The predicted octanol–water partition coefficient (Wildman–Crippen LogP) is 5.26. The maximum atomic E-state index is 13.8. The molecule has 4 aromatic rings. The number of benzene rings is 4. The zero-order valence-corrected chi connectivity index (χ0v) is 21.4. The van der Waals surface area contributed by atoms with Crippen LogP contribution in [0, 0.1) is 6.92 Å². The van der Waals surface area contributed by atoms with Crippen molar-refractivity contribution in [2.24, 2.45) is 0 Å². The second-order valence-corrected chi connectivity index (χ2v) is 10.2. The van der Waals surface area contributed by atoms with Crippen LogP contribution in [0.25, 0.3) is 0 Å². The number of aryl methyl sites for hydroxylation is 1. The molecule has 1 atom stereocenters. The third-order valence-corrected chi connectivity index (χ3v) is 7.98. The molecule has 4 aromatic carbocycles. The molecule has 0 fully saturated rings. The summed E-state index contributed by atoms with van der Waals surface area (Å²) in [5, 5.41) is 2.93. The number of amides is 2. The summed E-state index contributed by atoms with van der Waals surface area (Å²) in [5.74, 6) is 0.212.